The molecular weight excluding hydrogens is 1980 g/mol. The summed E-state index contributed by atoms with van der Waals surface area (Å²) in [7, 11) is 1.53. The third-order valence-corrected chi connectivity index (χ3v) is 22.6. The van der Waals surface area contributed by atoms with Crippen molar-refractivity contribution in [2.24, 2.45) is 0 Å². The van der Waals surface area contributed by atoms with Crippen LogP contribution in [0.3, 0.4) is 0 Å². The highest BCUT2D eigenvalue weighted by atomic mass is 32.1. The van der Waals surface area contributed by atoms with Crippen LogP contribution >= 0.6 is 22.7 Å². The van der Waals surface area contributed by atoms with E-state index in [9.17, 15) is 133 Å². The number of rotatable bonds is 40. The fraction of sp³-hybridized carbons (Fsp3) is 0.411. The Morgan fingerprint density at radius 2 is 0.557 bits per heavy atom. The van der Waals surface area contributed by atoms with Gasteiger partial charge in [0.15, 0.2) is 0 Å². The highest BCUT2D eigenvalue weighted by molar-refractivity contribution is 7.10. The summed E-state index contributed by atoms with van der Waals surface area (Å²) in [6, 6.07) is 43.9. The number of aliphatic hydroxyl groups excluding tert-OH is 1. The number of aryl methyl sites for hydroxylation is 2. The molecule has 0 aliphatic heterocycles. The largest absolute Gasteiger partial charge is 0.481 e. The molecule has 40 nitrogen and oxygen atoms in total. The van der Waals surface area contributed by atoms with Gasteiger partial charge in [-0.3, -0.25) is 14.4 Å². The number of aromatic nitrogens is 5. The van der Waals surface area contributed by atoms with Crippen LogP contribution < -0.4 is 21.4 Å². The maximum atomic E-state index is 12.6. The summed E-state index contributed by atoms with van der Waals surface area (Å²) >= 11 is 2.50. The minimum absolute atomic E-state index is 0.108. The summed E-state index contributed by atoms with van der Waals surface area (Å²) in [4.78, 5) is 186. The smallest absolute Gasteiger partial charge is 0.348 e. The van der Waals surface area contributed by atoms with E-state index in [1.807, 2.05) is 19.9 Å². The maximum absolute atomic E-state index is 12.6. The van der Waals surface area contributed by atoms with Crippen molar-refractivity contribution in [3.8, 4) is 50.4 Å². The first-order valence-electron chi connectivity index (χ1n) is 46.4. The predicted molar refractivity (Wildman–Crippen MR) is 549 cm³/mol. The van der Waals surface area contributed by atoms with Gasteiger partial charge in [0.2, 0.25) is 5.88 Å². The second-order valence-corrected chi connectivity index (χ2v) is 41.9. The quantitative estimate of drug-likeness (QED) is 0.0159. The molecule has 806 valence electrons. The third kappa shape index (κ3) is 35.0. The molecule has 0 fully saturated rings. The van der Waals surface area contributed by atoms with Gasteiger partial charge in [-0.2, -0.15) is 0 Å². The average molecular weight is 2110 g/mol. The van der Waals surface area contributed by atoms with Gasteiger partial charge in [0.25, 0.3) is 50.3 Å². The standard InChI is InChI=1S/C22H27NO6.C21H25NO7.C21H25NO6.C20H23NO6.C12H16O5S.C11H15NO5S/c1-5-12-23-13-6-7-17(18(23)24)16-10-8-15(9-11-16)14-22(19(25)26,20(27)28)29-21(2,3)4;1-20(2,3)29-21(18(25)26,19(27)28)13-14-6-8-15(9-7-14)16-5-4-10-22(11-12-23)17(16)24;1-5-22-12-6-7-16(17(22)23)15-10-8-14(9-11-15)13-21(18(24)25,19(26)27)28-20(2,3)4;1-19(2,3)27-20(17(22)23,18(24)25)12-13-7-9-14(10-8-13)15-6-5-11-21-16(15)26-4;1-11(2,3)17-12(9(13)14,10(15)16)7-8-5-4-6-18-8;1-10(2,3)17-11(8(13)14,9(15)16)6-7-12-4-5-18-7/h6-11,13H,5,12,14H2,1-4H3,(H,25,26)(H,27,28);4-10,23H,11-13H2,1-3H3,(H,25,26)(H,27,28);6-12H,5,13H2,1-4H3,(H,24,25)(H,26,27);5-11H,12H2,1-4H3,(H,22,23)(H,24,25);4-6H,7H2,1-3H3,(H,13,14)(H,15,16);4-5H,6H2,1-3H3,(H,13,14)(H,15,16). The van der Waals surface area contributed by atoms with Crippen LogP contribution in [0.25, 0.3) is 44.5 Å². The first-order valence-corrected chi connectivity index (χ1v) is 48.2. The number of carboxylic acid groups (broad SMARTS) is 12. The average Bonchev–Trinajstić information content (AvgIpc) is 1.76. The van der Waals surface area contributed by atoms with Gasteiger partial charge in [0, 0.05) is 115 Å². The van der Waals surface area contributed by atoms with Crippen LogP contribution in [0.2, 0.25) is 0 Å². The molecule has 6 heterocycles. The Bertz CT molecular complexity index is 6140. The molecule has 0 saturated carbocycles. The third-order valence-electron chi connectivity index (χ3n) is 21.0. The van der Waals surface area contributed by atoms with Gasteiger partial charge in [-0.25, -0.2) is 67.5 Å². The first kappa shape index (κ1) is 125. The Labute approximate surface area is 867 Å². The molecule has 0 bridgehead atoms. The summed E-state index contributed by atoms with van der Waals surface area (Å²) in [5.74, 6) is -18.1. The van der Waals surface area contributed by atoms with Crippen LogP contribution in [0, 0.1) is 0 Å². The van der Waals surface area contributed by atoms with E-state index in [2.05, 4.69) is 9.97 Å². The molecule has 0 unspecified atom stereocenters. The molecule has 149 heavy (non-hydrogen) atoms. The minimum atomic E-state index is -2.43. The van der Waals surface area contributed by atoms with Crippen molar-refractivity contribution in [1.82, 2.24) is 23.7 Å². The molecule has 0 aliphatic rings. The van der Waals surface area contributed by atoms with Crippen molar-refractivity contribution in [3.63, 3.8) is 0 Å². The number of thiophene rings is 1. The van der Waals surface area contributed by atoms with Gasteiger partial charge < -0.3 is 113 Å². The van der Waals surface area contributed by atoms with Crippen molar-refractivity contribution in [2.75, 3.05) is 13.7 Å². The number of hydrogen-bond acceptors (Lipinski definition) is 27. The van der Waals surface area contributed by atoms with Crippen LogP contribution in [0.5, 0.6) is 5.88 Å². The van der Waals surface area contributed by atoms with Crippen molar-refractivity contribution >= 4 is 94.3 Å². The first-order chi connectivity index (χ1) is 68.9. The normalized spacial score (nSPS) is 12.1. The summed E-state index contributed by atoms with van der Waals surface area (Å²) in [6.07, 6.45) is 7.11. The molecule has 0 amide bonds. The predicted octanol–water partition coefficient (Wildman–Crippen LogP) is 14.2. The van der Waals surface area contributed by atoms with Crippen LogP contribution in [0.1, 0.15) is 177 Å². The van der Waals surface area contributed by atoms with E-state index in [4.69, 9.17) is 38.3 Å². The Morgan fingerprint density at radius 1 is 0.295 bits per heavy atom. The lowest BCUT2D eigenvalue weighted by Crippen LogP contribution is -2.54. The topological polar surface area (TPSA) is 624 Å². The molecule has 0 aliphatic carbocycles. The van der Waals surface area contributed by atoms with Crippen molar-refractivity contribution in [2.45, 2.75) is 270 Å². The Balaban J connectivity index is 0.000000317. The summed E-state index contributed by atoms with van der Waals surface area (Å²) in [6.45, 7) is 34.0. The van der Waals surface area contributed by atoms with Gasteiger partial charge in [0.05, 0.1) is 58.8 Å². The fourth-order valence-electron chi connectivity index (χ4n) is 14.9. The zero-order chi connectivity index (χ0) is 113. The van der Waals surface area contributed by atoms with E-state index in [1.54, 1.807) is 321 Å². The number of pyridine rings is 4. The lowest BCUT2D eigenvalue weighted by Gasteiger charge is -2.33. The SMILES string of the molecule is CC(C)(C)OC(Cc1ccc(-c2cccn(CCO)c2=O)cc1)(C(=O)O)C(=O)O.CC(C)(C)OC(Cc1cccs1)(C(=O)O)C(=O)O.CC(C)(C)OC(Cc1nccs1)(C(=O)O)C(=O)O.CCCn1cccc(-c2ccc(CC(OC(C)(C)C)(C(=O)O)C(=O)O)cc2)c1=O.CCn1cccc(-c2ccc(CC(OC(C)(C)C)(C(=O)O)C(=O)O)cc2)c1=O.COc1ncccc1-c1ccc(CC(OC(C)(C)C)(C(=O)O)C(=O)O)cc1. The molecule has 4 aromatic carbocycles. The maximum Gasteiger partial charge on any atom is 0.348 e. The number of methoxy groups -OCH3 is 1. The van der Waals surface area contributed by atoms with Crippen molar-refractivity contribution in [3.05, 3.63) is 263 Å². The number of nitrogens with zero attached hydrogens (tertiary/aromatic N) is 5. The number of aliphatic hydroxyl groups is 1. The van der Waals surface area contributed by atoms with Crippen LogP contribution in [0.15, 0.2) is 214 Å². The number of carbonyl (C=O) groups is 12. The number of benzene rings is 4. The van der Waals surface area contributed by atoms with E-state index in [0.29, 0.717) is 84.5 Å². The highest BCUT2D eigenvalue weighted by Crippen LogP contribution is 2.37. The van der Waals surface area contributed by atoms with Crippen LogP contribution in [-0.4, -0.2) is 243 Å². The minimum Gasteiger partial charge on any atom is -0.481 e. The van der Waals surface area contributed by atoms with E-state index in [-0.39, 0.29) is 68.4 Å². The molecule has 0 spiro atoms. The number of thiazole rings is 1. The lowest BCUT2D eigenvalue weighted by molar-refractivity contribution is -0.200. The lowest BCUT2D eigenvalue weighted by atomic mass is 9.92. The van der Waals surface area contributed by atoms with E-state index in [0.717, 1.165) is 17.5 Å². The van der Waals surface area contributed by atoms with Gasteiger partial charge in [0.1, 0.15) is 0 Å². The summed E-state index contributed by atoms with van der Waals surface area (Å²) in [5.41, 5.74) is -13.4. The molecule has 10 aromatic rings. The van der Waals surface area contributed by atoms with Gasteiger partial charge in [-0.15, -0.1) is 22.7 Å². The van der Waals surface area contributed by atoms with Crippen LogP contribution in [0.4, 0.5) is 0 Å². The molecule has 6 aromatic heterocycles. The number of hydrogen-bond donors (Lipinski definition) is 13. The number of ether oxygens (including phenoxy) is 7. The Morgan fingerprint density at radius 3 is 0.799 bits per heavy atom. The molecule has 13 N–H and O–H groups in total. The van der Waals surface area contributed by atoms with E-state index >= 15 is 0 Å². The van der Waals surface area contributed by atoms with E-state index < -0.39 is 139 Å². The fourth-order valence-corrected chi connectivity index (χ4v) is 16.4. The second-order valence-electron chi connectivity index (χ2n) is 39.9. The van der Waals surface area contributed by atoms with Crippen molar-refractivity contribution < 1.29 is 157 Å². The molecule has 42 heteroatoms. The zero-order valence-corrected chi connectivity index (χ0v) is 88.3. The zero-order valence-electron chi connectivity index (χ0n) is 86.7. The number of carboxylic acids is 12. The Hall–Kier alpha value is -14.6. The summed E-state index contributed by atoms with van der Waals surface area (Å²) < 4.78 is 42.3. The van der Waals surface area contributed by atoms with Gasteiger partial charge in [-0.1, -0.05) is 110 Å². The Kier molecular flexibility index (Phi) is 43.8. The summed E-state index contributed by atoms with van der Waals surface area (Å²) in [5, 5.41) is 127. The van der Waals surface area contributed by atoms with E-state index in [1.165, 1.54) is 40.5 Å². The van der Waals surface area contributed by atoms with Gasteiger partial charge in [-0.05, 0) is 242 Å². The monoisotopic (exact) mass is 2110 g/mol. The van der Waals surface area contributed by atoms with Crippen LogP contribution in [-0.2, 0) is 144 Å². The number of aliphatic carboxylic acids is 12. The highest BCUT2D eigenvalue weighted by Gasteiger charge is 2.57. The molecular formula is C107H131N5O35S2. The second kappa shape index (κ2) is 52.3. The molecule has 0 atom stereocenters. The molecule has 10 rings (SSSR count). The van der Waals surface area contributed by atoms with Gasteiger partial charge >= 0.3 is 71.6 Å². The van der Waals surface area contributed by atoms with Crippen molar-refractivity contribution in [1.29, 1.82) is 0 Å². The molecule has 0 saturated heterocycles. The molecule has 0 radical (unpaired) electrons.